The van der Waals surface area contributed by atoms with Crippen LogP contribution in [-0.4, -0.2) is 49.2 Å². The molecule has 24 heavy (non-hydrogen) atoms. The monoisotopic (exact) mass is 352 g/mol. The van der Waals surface area contributed by atoms with E-state index in [4.69, 9.17) is 9.88 Å². The van der Waals surface area contributed by atoms with Crippen molar-refractivity contribution in [2.75, 3.05) is 44.7 Å². The highest BCUT2D eigenvalue weighted by Gasteiger charge is 2.37. The van der Waals surface area contributed by atoms with Gasteiger partial charge in [0.15, 0.2) is 0 Å². The summed E-state index contributed by atoms with van der Waals surface area (Å²) < 4.78 is 5.56. The molecule has 0 atom stereocenters. The third-order valence-corrected chi connectivity index (χ3v) is 5.67. The standard InChI is InChI=1S/C16H24N4O3S/c17-24-13-1-2-14(15(11-13)20(21)22)18-6-9-19-7-3-16(4-8-19)5-10-23-12-16/h1-2,11,18H,3-10,12,17H2. The number of hydrogen-bond donors (Lipinski definition) is 2. The molecule has 1 aromatic carbocycles. The second-order valence-corrected chi connectivity index (χ2v) is 7.33. The number of piperidine rings is 1. The average Bonchev–Trinajstić information content (AvgIpc) is 3.05. The second kappa shape index (κ2) is 7.69. The summed E-state index contributed by atoms with van der Waals surface area (Å²) in [6.07, 6.45) is 3.57. The smallest absolute Gasteiger partial charge is 0.293 e. The van der Waals surface area contributed by atoms with Crippen LogP contribution < -0.4 is 10.5 Å². The molecule has 3 rings (SSSR count). The van der Waals surface area contributed by atoms with Crippen molar-refractivity contribution in [1.82, 2.24) is 4.90 Å². The lowest BCUT2D eigenvalue weighted by Crippen LogP contribution is -2.42. The van der Waals surface area contributed by atoms with Gasteiger partial charge in [0.2, 0.25) is 0 Å². The molecule has 0 aromatic heterocycles. The number of nitro benzene ring substituents is 1. The average molecular weight is 352 g/mol. The Morgan fingerprint density at radius 2 is 2.17 bits per heavy atom. The van der Waals surface area contributed by atoms with Crippen molar-refractivity contribution in [2.45, 2.75) is 24.2 Å². The number of nitrogens with zero attached hydrogens (tertiary/aromatic N) is 2. The molecule has 0 saturated carbocycles. The first-order chi connectivity index (χ1) is 11.6. The summed E-state index contributed by atoms with van der Waals surface area (Å²) in [7, 11) is 0. The molecule has 8 heteroatoms. The molecular weight excluding hydrogens is 328 g/mol. The van der Waals surface area contributed by atoms with Gasteiger partial charge in [-0.1, -0.05) is 0 Å². The van der Waals surface area contributed by atoms with Gasteiger partial charge in [-0.2, -0.15) is 0 Å². The van der Waals surface area contributed by atoms with E-state index in [1.54, 1.807) is 12.1 Å². The first-order valence-electron chi connectivity index (χ1n) is 8.31. The van der Waals surface area contributed by atoms with E-state index < -0.39 is 0 Å². The van der Waals surface area contributed by atoms with Crippen LogP contribution in [0.1, 0.15) is 19.3 Å². The zero-order valence-electron chi connectivity index (χ0n) is 13.7. The number of rotatable bonds is 6. The lowest BCUT2D eigenvalue weighted by molar-refractivity contribution is -0.384. The molecule has 1 aromatic rings. The maximum absolute atomic E-state index is 11.2. The van der Waals surface area contributed by atoms with E-state index in [-0.39, 0.29) is 10.6 Å². The Kier molecular flexibility index (Phi) is 5.60. The minimum atomic E-state index is -0.368. The normalized spacial score (nSPS) is 20.4. The van der Waals surface area contributed by atoms with Crippen LogP contribution in [0, 0.1) is 15.5 Å². The van der Waals surface area contributed by atoms with Crippen LogP contribution in [0.5, 0.6) is 0 Å². The van der Waals surface area contributed by atoms with E-state index in [9.17, 15) is 10.1 Å². The van der Waals surface area contributed by atoms with Gasteiger partial charge in [-0.05, 0) is 61.8 Å². The SMILES string of the molecule is NSc1ccc(NCCN2CCC3(CCOC3)CC2)c([N+](=O)[O-])c1. The van der Waals surface area contributed by atoms with Crippen molar-refractivity contribution in [3.05, 3.63) is 28.3 Å². The van der Waals surface area contributed by atoms with Gasteiger partial charge < -0.3 is 15.0 Å². The fourth-order valence-electron chi connectivity index (χ4n) is 3.53. The van der Waals surface area contributed by atoms with Crippen molar-refractivity contribution < 1.29 is 9.66 Å². The van der Waals surface area contributed by atoms with Crippen molar-refractivity contribution in [3.63, 3.8) is 0 Å². The third-order valence-electron chi connectivity index (χ3n) is 5.15. The van der Waals surface area contributed by atoms with E-state index in [0.29, 0.717) is 22.5 Å². The quantitative estimate of drug-likeness (QED) is 0.461. The molecule has 0 bridgehead atoms. The maximum atomic E-state index is 11.2. The van der Waals surface area contributed by atoms with Gasteiger partial charge in [-0.15, -0.1) is 0 Å². The lowest BCUT2D eigenvalue weighted by Gasteiger charge is -2.38. The summed E-state index contributed by atoms with van der Waals surface area (Å²) in [6, 6.07) is 5.04. The largest absolute Gasteiger partial charge is 0.381 e. The molecule has 0 amide bonds. The number of likely N-dealkylation sites (tertiary alicyclic amines) is 1. The fourth-order valence-corrected chi connectivity index (χ4v) is 3.86. The van der Waals surface area contributed by atoms with Crippen molar-refractivity contribution >= 4 is 23.3 Å². The summed E-state index contributed by atoms with van der Waals surface area (Å²) in [5.41, 5.74) is 1.04. The molecule has 132 valence electrons. The Morgan fingerprint density at radius 3 is 2.79 bits per heavy atom. The van der Waals surface area contributed by atoms with Gasteiger partial charge in [0, 0.05) is 30.7 Å². The van der Waals surface area contributed by atoms with Crippen LogP contribution in [-0.2, 0) is 4.74 Å². The van der Waals surface area contributed by atoms with E-state index in [1.807, 2.05) is 0 Å². The molecule has 7 nitrogen and oxygen atoms in total. The summed E-state index contributed by atoms with van der Waals surface area (Å²) in [5.74, 6) is 0. The molecule has 2 aliphatic rings. The van der Waals surface area contributed by atoms with Crippen LogP contribution >= 0.6 is 11.9 Å². The first kappa shape index (κ1) is 17.5. The number of ether oxygens (including phenoxy) is 1. The molecule has 2 fully saturated rings. The van der Waals surface area contributed by atoms with Crippen LogP contribution in [0.15, 0.2) is 23.1 Å². The van der Waals surface area contributed by atoms with Crippen LogP contribution in [0.4, 0.5) is 11.4 Å². The number of nitrogens with one attached hydrogen (secondary N) is 1. The van der Waals surface area contributed by atoms with Crippen molar-refractivity contribution in [2.24, 2.45) is 10.6 Å². The highest BCUT2D eigenvalue weighted by Crippen LogP contribution is 2.38. The molecular formula is C16H24N4O3S. The number of nitro groups is 1. The van der Waals surface area contributed by atoms with Crippen LogP contribution in [0.2, 0.25) is 0 Å². The summed E-state index contributed by atoms with van der Waals surface area (Å²) >= 11 is 1.01. The number of anilines is 1. The minimum Gasteiger partial charge on any atom is -0.381 e. The van der Waals surface area contributed by atoms with Crippen LogP contribution in [0.25, 0.3) is 0 Å². The highest BCUT2D eigenvalue weighted by atomic mass is 32.2. The summed E-state index contributed by atoms with van der Waals surface area (Å²) in [4.78, 5) is 13.9. The van der Waals surface area contributed by atoms with Gasteiger partial charge in [0.05, 0.1) is 11.5 Å². The fraction of sp³-hybridized carbons (Fsp3) is 0.625. The number of hydrogen-bond acceptors (Lipinski definition) is 7. The van der Waals surface area contributed by atoms with Gasteiger partial charge >= 0.3 is 0 Å². The zero-order chi connectivity index (χ0) is 17.0. The van der Waals surface area contributed by atoms with Gasteiger partial charge in [-0.3, -0.25) is 15.3 Å². The Labute approximate surface area is 146 Å². The van der Waals surface area contributed by atoms with Crippen LogP contribution in [0.3, 0.4) is 0 Å². The predicted molar refractivity (Wildman–Crippen MR) is 95.2 cm³/mol. The van der Waals surface area contributed by atoms with E-state index in [0.717, 1.165) is 44.8 Å². The lowest BCUT2D eigenvalue weighted by atomic mass is 9.78. The molecule has 3 N–H and O–H groups in total. The molecule has 0 radical (unpaired) electrons. The maximum Gasteiger partial charge on any atom is 0.293 e. The molecule has 1 spiro atoms. The van der Waals surface area contributed by atoms with Gasteiger partial charge in [-0.25, -0.2) is 0 Å². The minimum absolute atomic E-state index is 0.0751. The molecule has 0 aliphatic carbocycles. The first-order valence-corrected chi connectivity index (χ1v) is 9.19. The number of benzene rings is 1. The van der Waals surface area contributed by atoms with E-state index in [1.165, 1.54) is 25.3 Å². The molecule has 2 heterocycles. The van der Waals surface area contributed by atoms with Crippen molar-refractivity contribution in [3.8, 4) is 0 Å². The molecule has 2 saturated heterocycles. The Morgan fingerprint density at radius 1 is 1.38 bits per heavy atom. The van der Waals surface area contributed by atoms with Crippen molar-refractivity contribution in [1.29, 1.82) is 0 Å². The number of nitrogens with two attached hydrogens (primary N) is 1. The predicted octanol–water partition coefficient (Wildman–Crippen LogP) is 2.48. The third kappa shape index (κ3) is 4.00. The van der Waals surface area contributed by atoms with E-state index >= 15 is 0 Å². The van der Waals surface area contributed by atoms with Gasteiger partial charge in [0.1, 0.15) is 5.69 Å². The summed E-state index contributed by atoms with van der Waals surface area (Å²) in [6.45, 7) is 5.56. The second-order valence-electron chi connectivity index (χ2n) is 6.62. The zero-order valence-corrected chi connectivity index (χ0v) is 14.5. The Hall–Kier alpha value is -1.35. The Balaban J connectivity index is 1.49. The Bertz CT molecular complexity index is 583. The topological polar surface area (TPSA) is 93.7 Å². The van der Waals surface area contributed by atoms with Gasteiger partial charge in [0.25, 0.3) is 5.69 Å². The molecule has 2 aliphatic heterocycles. The molecule has 0 unspecified atom stereocenters. The summed E-state index contributed by atoms with van der Waals surface area (Å²) in [5, 5.41) is 19.9. The highest BCUT2D eigenvalue weighted by molar-refractivity contribution is 7.97. The van der Waals surface area contributed by atoms with E-state index in [2.05, 4.69) is 10.2 Å².